The number of hydrogen-bond acceptors (Lipinski definition) is 6. The van der Waals surface area contributed by atoms with E-state index < -0.39 is 24.5 Å². The number of aryl methyl sites for hydroxylation is 1. The lowest BCUT2D eigenvalue weighted by molar-refractivity contribution is -0.148. The maximum atomic E-state index is 12.0. The minimum absolute atomic E-state index is 0.149. The van der Waals surface area contributed by atoms with Gasteiger partial charge >= 0.3 is 12.0 Å². The number of esters is 1. The van der Waals surface area contributed by atoms with Crippen LogP contribution >= 0.6 is 0 Å². The Hall–Kier alpha value is -3.55. The van der Waals surface area contributed by atoms with Gasteiger partial charge in [0.2, 0.25) is 0 Å². The molecule has 8 nitrogen and oxygen atoms in total. The molecule has 2 N–H and O–H groups in total. The fraction of sp³-hybridized carbons (Fsp3) is 0.318. The lowest BCUT2D eigenvalue weighted by Crippen LogP contribution is -2.37. The minimum Gasteiger partial charge on any atom is -0.490 e. The van der Waals surface area contributed by atoms with E-state index in [0.29, 0.717) is 36.8 Å². The molecule has 0 radical (unpaired) electrons. The van der Waals surface area contributed by atoms with Gasteiger partial charge in [0.15, 0.2) is 18.1 Å². The Morgan fingerprint density at radius 1 is 0.900 bits per heavy atom. The molecular formula is C22H26N2O6. The summed E-state index contributed by atoms with van der Waals surface area (Å²) in [6.45, 7) is 4.07. The predicted octanol–water partition coefficient (Wildman–Crippen LogP) is 3.31. The Balaban J connectivity index is 1.76. The van der Waals surface area contributed by atoms with E-state index >= 15 is 0 Å². The number of amides is 3. The van der Waals surface area contributed by atoms with Crippen molar-refractivity contribution >= 4 is 23.6 Å². The normalized spacial score (nSPS) is 10.1. The van der Waals surface area contributed by atoms with Crippen molar-refractivity contribution in [2.24, 2.45) is 0 Å². The first kappa shape index (κ1) is 22.7. The van der Waals surface area contributed by atoms with Crippen LogP contribution in [0.5, 0.6) is 11.5 Å². The van der Waals surface area contributed by atoms with Gasteiger partial charge < -0.3 is 19.5 Å². The molecule has 0 heterocycles. The van der Waals surface area contributed by atoms with Crippen LogP contribution in [0.4, 0.5) is 10.5 Å². The summed E-state index contributed by atoms with van der Waals surface area (Å²) in [4.78, 5) is 35.6. The quantitative estimate of drug-likeness (QED) is 0.578. The average molecular weight is 414 g/mol. The predicted molar refractivity (Wildman–Crippen MR) is 112 cm³/mol. The van der Waals surface area contributed by atoms with Gasteiger partial charge in [-0.05, 0) is 38.0 Å². The van der Waals surface area contributed by atoms with E-state index in [1.165, 1.54) is 0 Å². The standard InChI is InChI=1S/C22H26N2O6/c1-3-28-18-12-11-17(14-19(18)29-4-2)23-22(27)24-20(25)15-30-21(26)13-10-16-8-6-5-7-9-16/h5-9,11-12,14H,3-4,10,13,15H2,1-2H3,(H2,23,24,25,27). The first-order chi connectivity index (χ1) is 14.5. The molecule has 0 atom stereocenters. The first-order valence-corrected chi connectivity index (χ1v) is 9.71. The zero-order valence-electron chi connectivity index (χ0n) is 17.1. The number of urea groups is 1. The Morgan fingerprint density at radius 2 is 1.60 bits per heavy atom. The van der Waals surface area contributed by atoms with Crippen LogP contribution < -0.4 is 20.1 Å². The van der Waals surface area contributed by atoms with Crippen LogP contribution in [0.25, 0.3) is 0 Å². The molecule has 0 aliphatic rings. The molecule has 0 aliphatic heterocycles. The Labute approximate surface area is 175 Å². The molecule has 160 valence electrons. The van der Waals surface area contributed by atoms with Crippen LogP contribution in [0.1, 0.15) is 25.8 Å². The summed E-state index contributed by atoms with van der Waals surface area (Å²) >= 11 is 0. The van der Waals surface area contributed by atoms with Crippen LogP contribution in [0, 0.1) is 0 Å². The van der Waals surface area contributed by atoms with Gasteiger partial charge in [-0.25, -0.2) is 4.79 Å². The molecule has 3 amide bonds. The van der Waals surface area contributed by atoms with E-state index in [9.17, 15) is 14.4 Å². The molecule has 2 rings (SSSR count). The van der Waals surface area contributed by atoms with E-state index in [4.69, 9.17) is 14.2 Å². The zero-order chi connectivity index (χ0) is 21.8. The molecule has 2 aromatic carbocycles. The number of ether oxygens (including phenoxy) is 3. The van der Waals surface area contributed by atoms with E-state index in [0.717, 1.165) is 5.56 Å². The highest BCUT2D eigenvalue weighted by molar-refractivity contribution is 6.02. The number of anilines is 1. The lowest BCUT2D eigenvalue weighted by Gasteiger charge is -2.13. The Kier molecular flexibility index (Phi) is 9.18. The van der Waals surface area contributed by atoms with Crippen LogP contribution in [0.3, 0.4) is 0 Å². The van der Waals surface area contributed by atoms with Crippen molar-refractivity contribution in [3.63, 3.8) is 0 Å². The number of benzene rings is 2. The van der Waals surface area contributed by atoms with Gasteiger partial charge in [0.25, 0.3) is 5.91 Å². The van der Waals surface area contributed by atoms with Gasteiger partial charge in [-0.1, -0.05) is 30.3 Å². The van der Waals surface area contributed by atoms with Gasteiger partial charge in [-0.2, -0.15) is 0 Å². The van der Waals surface area contributed by atoms with Crippen LogP contribution in [-0.4, -0.2) is 37.7 Å². The number of imide groups is 1. The highest BCUT2D eigenvalue weighted by atomic mass is 16.5. The van der Waals surface area contributed by atoms with Crippen LogP contribution in [0.2, 0.25) is 0 Å². The second kappa shape index (κ2) is 12.1. The molecule has 0 unspecified atom stereocenters. The smallest absolute Gasteiger partial charge is 0.325 e. The van der Waals surface area contributed by atoms with Crippen molar-refractivity contribution in [3.8, 4) is 11.5 Å². The highest BCUT2D eigenvalue weighted by Gasteiger charge is 2.13. The van der Waals surface area contributed by atoms with Crippen molar-refractivity contribution in [2.75, 3.05) is 25.1 Å². The van der Waals surface area contributed by atoms with E-state index in [-0.39, 0.29) is 6.42 Å². The third-order valence-electron chi connectivity index (χ3n) is 3.88. The second-order valence-electron chi connectivity index (χ2n) is 6.18. The van der Waals surface area contributed by atoms with Crippen molar-refractivity contribution in [1.82, 2.24) is 5.32 Å². The minimum atomic E-state index is -0.744. The topological polar surface area (TPSA) is 103 Å². The number of nitrogens with one attached hydrogen (secondary N) is 2. The molecular weight excluding hydrogens is 388 g/mol. The van der Waals surface area contributed by atoms with Gasteiger partial charge in [-0.15, -0.1) is 0 Å². The summed E-state index contributed by atoms with van der Waals surface area (Å²) in [6.07, 6.45) is 0.664. The third-order valence-corrected chi connectivity index (χ3v) is 3.88. The van der Waals surface area contributed by atoms with Gasteiger partial charge in [0.1, 0.15) is 0 Å². The van der Waals surface area contributed by atoms with Crippen molar-refractivity contribution in [1.29, 1.82) is 0 Å². The van der Waals surface area contributed by atoms with Crippen molar-refractivity contribution < 1.29 is 28.6 Å². The number of rotatable bonds is 10. The van der Waals surface area contributed by atoms with Gasteiger partial charge in [0, 0.05) is 18.2 Å². The molecule has 0 aliphatic carbocycles. The molecule has 0 bridgehead atoms. The molecule has 8 heteroatoms. The molecule has 2 aromatic rings. The van der Waals surface area contributed by atoms with Crippen LogP contribution in [0.15, 0.2) is 48.5 Å². The summed E-state index contributed by atoms with van der Waals surface area (Å²) in [5.74, 6) is -0.196. The Bertz CT molecular complexity index is 854. The molecule has 0 saturated carbocycles. The highest BCUT2D eigenvalue weighted by Crippen LogP contribution is 2.30. The summed E-state index contributed by atoms with van der Waals surface area (Å²) in [6, 6.07) is 13.6. The van der Waals surface area contributed by atoms with Gasteiger partial charge in [-0.3, -0.25) is 14.9 Å². The number of carbonyl (C=O) groups is 3. The molecule has 30 heavy (non-hydrogen) atoms. The first-order valence-electron chi connectivity index (χ1n) is 9.71. The van der Waals surface area contributed by atoms with E-state index in [1.807, 2.05) is 44.2 Å². The largest absolute Gasteiger partial charge is 0.490 e. The SMILES string of the molecule is CCOc1ccc(NC(=O)NC(=O)COC(=O)CCc2ccccc2)cc1OCC. The fourth-order valence-electron chi connectivity index (χ4n) is 2.56. The van der Waals surface area contributed by atoms with Crippen molar-refractivity contribution in [2.45, 2.75) is 26.7 Å². The molecule has 0 aromatic heterocycles. The zero-order valence-corrected chi connectivity index (χ0v) is 17.1. The van der Waals surface area contributed by atoms with E-state index in [1.54, 1.807) is 18.2 Å². The summed E-state index contributed by atoms with van der Waals surface area (Å²) < 4.78 is 15.9. The summed E-state index contributed by atoms with van der Waals surface area (Å²) in [7, 11) is 0. The maximum absolute atomic E-state index is 12.0. The third kappa shape index (κ3) is 7.83. The van der Waals surface area contributed by atoms with E-state index in [2.05, 4.69) is 10.6 Å². The number of hydrogen-bond donors (Lipinski definition) is 2. The van der Waals surface area contributed by atoms with Gasteiger partial charge in [0.05, 0.1) is 13.2 Å². The monoisotopic (exact) mass is 414 g/mol. The molecule has 0 spiro atoms. The number of carbonyl (C=O) groups excluding carboxylic acids is 3. The summed E-state index contributed by atoms with van der Waals surface area (Å²) in [5, 5.41) is 4.64. The lowest BCUT2D eigenvalue weighted by atomic mass is 10.1. The molecule has 0 fully saturated rings. The molecule has 0 saturated heterocycles. The summed E-state index contributed by atoms with van der Waals surface area (Å²) in [5.41, 5.74) is 1.42. The Morgan fingerprint density at radius 3 is 2.30 bits per heavy atom. The fourth-order valence-corrected chi connectivity index (χ4v) is 2.56. The second-order valence-corrected chi connectivity index (χ2v) is 6.18. The van der Waals surface area contributed by atoms with Crippen LogP contribution in [-0.2, 0) is 20.7 Å². The maximum Gasteiger partial charge on any atom is 0.325 e. The van der Waals surface area contributed by atoms with Crippen molar-refractivity contribution in [3.05, 3.63) is 54.1 Å². The average Bonchev–Trinajstić information content (AvgIpc) is 2.73.